The van der Waals surface area contributed by atoms with Crippen molar-refractivity contribution in [3.63, 3.8) is 0 Å². The highest BCUT2D eigenvalue weighted by atomic mass is 35.5. The summed E-state index contributed by atoms with van der Waals surface area (Å²) < 4.78 is 1.71. The Morgan fingerprint density at radius 3 is 2.74 bits per heavy atom. The summed E-state index contributed by atoms with van der Waals surface area (Å²) in [5.41, 5.74) is 2.93. The van der Waals surface area contributed by atoms with Gasteiger partial charge in [0.25, 0.3) is 0 Å². The maximum absolute atomic E-state index is 11.0. The molecule has 0 spiro atoms. The summed E-state index contributed by atoms with van der Waals surface area (Å²) in [4.78, 5) is 22.7. The van der Waals surface area contributed by atoms with Crippen LogP contribution in [0.4, 0.5) is 11.6 Å². The molecule has 0 bridgehead atoms. The smallest absolute Gasteiger partial charge is 0.243 e. The molecule has 0 aromatic carbocycles. The van der Waals surface area contributed by atoms with Crippen molar-refractivity contribution in [2.75, 3.05) is 5.32 Å². The van der Waals surface area contributed by atoms with E-state index in [0.717, 1.165) is 41.2 Å². The number of aromatic nitrogens is 5. The lowest BCUT2D eigenvalue weighted by Gasteiger charge is -2.46. The molecule has 3 aromatic rings. The molecule has 164 valence electrons. The standard InChI is InChI=1S/C11H11ClN6.C11H17NO/c1-6-9-8(12)4-13-10(9)17-11(15-6)16-7-3-14-18(2)5-7;1-3-10(13)12-9-6-11(2,7-9)8-4-5-8/h3-5H,1-2H3,(H2,13,15,16,17);3,8-9H,1,4-7H2,2H3,(H,12,13). The molecule has 0 atom stereocenters. The van der Waals surface area contributed by atoms with Crippen LogP contribution in [0.1, 0.15) is 38.3 Å². The van der Waals surface area contributed by atoms with Gasteiger partial charge < -0.3 is 15.6 Å². The SMILES string of the molecule is C=CC(=O)NC1CC(C)(C2CC2)C1.Cc1nc(Nc2cnn(C)c2)nc2[nH]cc(Cl)c12. The fourth-order valence-corrected chi connectivity index (χ4v) is 4.66. The number of nitrogens with one attached hydrogen (secondary N) is 3. The highest BCUT2D eigenvalue weighted by Crippen LogP contribution is 2.56. The Balaban J connectivity index is 0.000000158. The van der Waals surface area contributed by atoms with E-state index in [2.05, 4.69) is 44.2 Å². The number of aromatic amines is 1. The molecular formula is C22H28ClN7O. The first-order valence-electron chi connectivity index (χ1n) is 10.5. The van der Waals surface area contributed by atoms with Gasteiger partial charge in [-0.3, -0.25) is 9.48 Å². The number of carbonyl (C=O) groups excluding carboxylic acids is 1. The Labute approximate surface area is 186 Å². The zero-order valence-corrected chi connectivity index (χ0v) is 18.8. The third-order valence-electron chi connectivity index (χ3n) is 6.15. The second kappa shape index (κ2) is 8.34. The van der Waals surface area contributed by atoms with Crippen LogP contribution in [-0.2, 0) is 11.8 Å². The second-order valence-corrected chi connectivity index (χ2v) is 9.17. The monoisotopic (exact) mass is 441 g/mol. The predicted octanol–water partition coefficient (Wildman–Crippen LogP) is 4.26. The van der Waals surface area contributed by atoms with Crippen molar-refractivity contribution >= 4 is 40.2 Å². The van der Waals surface area contributed by atoms with Crippen LogP contribution in [0, 0.1) is 18.3 Å². The molecule has 2 aliphatic rings. The van der Waals surface area contributed by atoms with E-state index in [-0.39, 0.29) is 5.91 Å². The number of carbonyl (C=O) groups is 1. The predicted molar refractivity (Wildman–Crippen MR) is 122 cm³/mol. The van der Waals surface area contributed by atoms with Crippen molar-refractivity contribution in [3.05, 3.63) is 42.0 Å². The van der Waals surface area contributed by atoms with Crippen LogP contribution in [0.5, 0.6) is 0 Å². The molecule has 0 unspecified atom stereocenters. The lowest BCUT2D eigenvalue weighted by Crippen LogP contribution is -2.50. The van der Waals surface area contributed by atoms with E-state index in [4.69, 9.17) is 11.6 Å². The molecule has 8 nitrogen and oxygen atoms in total. The van der Waals surface area contributed by atoms with Gasteiger partial charge in [0.2, 0.25) is 11.9 Å². The van der Waals surface area contributed by atoms with E-state index < -0.39 is 0 Å². The molecule has 31 heavy (non-hydrogen) atoms. The van der Waals surface area contributed by atoms with Crippen LogP contribution < -0.4 is 10.6 Å². The molecule has 2 saturated carbocycles. The molecule has 2 fully saturated rings. The van der Waals surface area contributed by atoms with Crippen LogP contribution in [0.3, 0.4) is 0 Å². The summed E-state index contributed by atoms with van der Waals surface area (Å²) in [6.07, 6.45) is 11.8. The molecule has 5 rings (SSSR count). The van der Waals surface area contributed by atoms with Crippen molar-refractivity contribution < 1.29 is 4.79 Å². The van der Waals surface area contributed by atoms with Gasteiger partial charge in [-0.1, -0.05) is 25.1 Å². The number of hydrogen-bond acceptors (Lipinski definition) is 5. The Bertz CT molecular complexity index is 1110. The van der Waals surface area contributed by atoms with Gasteiger partial charge in [0.05, 0.1) is 28.0 Å². The molecule has 3 aromatic heterocycles. The fraction of sp³-hybridized carbons (Fsp3) is 0.455. The Hall–Kier alpha value is -2.87. The van der Waals surface area contributed by atoms with E-state index in [1.165, 1.54) is 18.9 Å². The lowest BCUT2D eigenvalue weighted by molar-refractivity contribution is -0.118. The first-order valence-corrected chi connectivity index (χ1v) is 10.8. The highest BCUT2D eigenvalue weighted by molar-refractivity contribution is 6.35. The third kappa shape index (κ3) is 4.74. The number of amides is 1. The number of aryl methyl sites for hydroxylation is 2. The van der Waals surface area contributed by atoms with Crippen molar-refractivity contribution in [1.82, 2.24) is 30.0 Å². The maximum atomic E-state index is 11.0. The first-order chi connectivity index (χ1) is 14.8. The van der Waals surface area contributed by atoms with Crippen LogP contribution in [0.2, 0.25) is 5.02 Å². The van der Waals surface area contributed by atoms with Gasteiger partial charge in [0, 0.05) is 25.5 Å². The second-order valence-electron chi connectivity index (χ2n) is 8.77. The van der Waals surface area contributed by atoms with E-state index in [1.807, 2.05) is 20.2 Å². The number of fused-ring (bicyclic) bond motifs is 1. The first kappa shape index (κ1) is 21.4. The van der Waals surface area contributed by atoms with Gasteiger partial charge in [-0.05, 0) is 50.0 Å². The minimum Gasteiger partial charge on any atom is -0.350 e. The molecule has 0 radical (unpaired) electrons. The molecule has 2 aliphatic carbocycles. The molecular weight excluding hydrogens is 414 g/mol. The summed E-state index contributed by atoms with van der Waals surface area (Å²) in [5.74, 6) is 1.44. The molecule has 0 aliphatic heterocycles. The Kier molecular flexibility index (Phi) is 5.75. The van der Waals surface area contributed by atoms with Gasteiger partial charge >= 0.3 is 0 Å². The zero-order valence-electron chi connectivity index (χ0n) is 18.1. The Morgan fingerprint density at radius 1 is 1.39 bits per heavy atom. The van der Waals surface area contributed by atoms with Gasteiger partial charge in [0.15, 0.2) is 0 Å². The molecule has 3 heterocycles. The maximum Gasteiger partial charge on any atom is 0.243 e. The van der Waals surface area contributed by atoms with Gasteiger partial charge in [-0.15, -0.1) is 0 Å². The molecule has 9 heteroatoms. The number of hydrogen-bond donors (Lipinski definition) is 3. The minimum atomic E-state index is -0.0251. The molecule has 0 saturated heterocycles. The zero-order chi connectivity index (χ0) is 22.2. The number of nitrogens with zero attached hydrogens (tertiary/aromatic N) is 4. The van der Waals surface area contributed by atoms with Crippen LogP contribution in [-0.4, -0.2) is 36.7 Å². The van der Waals surface area contributed by atoms with E-state index in [1.54, 1.807) is 17.1 Å². The summed E-state index contributed by atoms with van der Waals surface area (Å²) >= 11 is 6.05. The summed E-state index contributed by atoms with van der Waals surface area (Å²) in [6.45, 7) is 7.69. The van der Waals surface area contributed by atoms with E-state index in [0.29, 0.717) is 22.4 Å². The van der Waals surface area contributed by atoms with Gasteiger partial charge in [0.1, 0.15) is 5.65 Å². The average molecular weight is 442 g/mol. The fourth-order valence-electron chi connectivity index (χ4n) is 4.38. The number of rotatable bonds is 5. The van der Waals surface area contributed by atoms with Crippen molar-refractivity contribution in [3.8, 4) is 0 Å². The van der Waals surface area contributed by atoms with Crippen LogP contribution in [0.25, 0.3) is 11.0 Å². The normalized spacial score (nSPS) is 22.3. The highest BCUT2D eigenvalue weighted by Gasteiger charge is 2.50. The third-order valence-corrected chi connectivity index (χ3v) is 6.44. The van der Waals surface area contributed by atoms with Crippen molar-refractivity contribution in [2.24, 2.45) is 18.4 Å². The topological polar surface area (TPSA) is 101 Å². The minimum absolute atomic E-state index is 0.0251. The van der Waals surface area contributed by atoms with Crippen LogP contribution >= 0.6 is 11.6 Å². The molecule has 1 amide bonds. The summed E-state index contributed by atoms with van der Waals surface area (Å²) in [7, 11) is 1.85. The summed E-state index contributed by atoms with van der Waals surface area (Å²) in [6, 6.07) is 0.413. The van der Waals surface area contributed by atoms with Gasteiger partial charge in [-0.25, -0.2) is 4.98 Å². The number of anilines is 2. The van der Waals surface area contributed by atoms with Crippen molar-refractivity contribution in [1.29, 1.82) is 0 Å². The van der Waals surface area contributed by atoms with E-state index >= 15 is 0 Å². The number of H-pyrrole nitrogens is 1. The van der Waals surface area contributed by atoms with Crippen molar-refractivity contribution in [2.45, 2.75) is 45.6 Å². The van der Waals surface area contributed by atoms with Gasteiger partial charge in [-0.2, -0.15) is 10.1 Å². The summed E-state index contributed by atoms with van der Waals surface area (Å²) in [5, 5.41) is 11.6. The van der Waals surface area contributed by atoms with Crippen LogP contribution in [0.15, 0.2) is 31.2 Å². The average Bonchev–Trinajstić information content (AvgIpc) is 3.39. The quantitative estimate of drug-likeness (QED) is 0.513. The Morgan fingerprint density at radius 2 is 2.13 bits per heavy atom. The largest absolute Gasteiger partial charge is 0.350 e. The molecule has 3 N–H and O–H groups in total. The number of halogens is 1. The van der Waals surface area contributed by atoms with E-state index in [9.17, 15) is 4.79 Å². The lowest BCUT2D eigenvalue weighted by atomic mass is 9.64.